The van der Waals surface area contributed by atoms with Crippen LogP contribution in [0.2, 0.25) is 5.02 Å². The van der Waals surface area contributed by atoms with E-state index in [0.29, 0.717) is 0 Å². The van der Waals surface area contributed by atoms with Crippen LogP contribution >= 0.6 is 11.6 Å². The van der Waals surface area contributed by atoms with Crippen LogP contribution in [0.15, 0.2) is 36.5 Å². The Kier molecular flexibility index (Phi) is 3.59. The quantitative estimate of drug-likeness (QED) is 0.882. The highest BCUT2D eigenvalue weighted by Gasteiger charge is 1.99. The first kappa shape index (κ1) is 11.2. The van der Waals surface area contributed by atoms with Gasteiger partial charge in [0.15, 0.2) is 0 Å². The number of nitrogens with one attached hydrogen (secondary N) is 1. The lowest BCUT2D eigenvalue weighted by atomic mass is 10.2. The number of hydrogen-bond acceptors (Lipinski definition) is 2. The molecule has 0 saturated carbocycles. The summed E-state index contributed by atoms with van der Waals surface area (Å²) in [6.07, 6.45) is 1.94. The molecule has 0 aliphatic heterocycles. The highest BCUT2D eigenvalue weighted by Crippen LogP contribution is 2.14. The first-order valence-corrected chi connectivity index (χ1v) is 5.56. The number of aryl methyl sites for hydroxylation is 1. The summed E-state index contributed by atoms with van der Waals surface area (Å²) in [5.41, 5.74) is 2.15. The van der Waals surface area contributed by atoms with E-state index in [2.05, 4.69) is 10.4 Å². The highest BCUT2D eigenvalue weighted by atomic mass is 35.5. The molecule has 0 unspecified atom stereocenters. The van der Waals surface area contributed by atoms with E-state index < -0.39 is 0 Å². The van der Waals surface area contributed by atoms with Crippen molar-refractivity contribution in [2.75, 3.05) is 0 Å². The minimum Gasteiger partial charge on any atom is -0.307 e. The van der Waals surface area contributed by atoms with Crippen molar-refractivity contribution in [1.29, 1.82) is 0 Å². The molecular weight excluding hydrogens is 222 g/mol. The second-order valence-corrected chi connectivity index (χ2v) is 4.08. The van der Waals surface area contributed by atoms with Crippen LogP contribution in [0.3, 0.4) is 0 Å². The minimum atomic E-state index is 0.756. The molecule has 0 fully saturated rings. The molecule has 4 heteroatoms. The zero-order chi connectivity index (χ0) is 11.4. The first-order valence-electron chi connectivity index (χ1n) is 5.18. The molecule has 0 bridgehead atoms. The summed E-state index contributed by atoms with van der Waals surface area (Å²) >= 11 is 6.05. The van der Waals surface area contributed by atoms with E-state index in [9.17, 15) is 0 Å². The molecule has 16 heavy (non-hydrogen) atoms. The van der Waals surface area contributed by atoms with Gasteiger partial charge in [-0.05, 0) is 17.7 Å². The van der Waals surface area contributed by atoms with Gasteiger partial charge >= 0.3 is 0 Å². The summed E-state index contributed by atoms with van der Waals surface area (Å²) < 4.78 is 1.80. The fourth-order valence-corrected chi connectivity index (χ4v) is 1.73. The predicted octanol–water partition coefficient (Wildman–Crippen LogP) is 2.36. The van der Waals surface area contributed by atoms with Crippen molar-refractivity contribution in [3.05, 3.63) is 52.8 Å². The molecule has 0 aliphatic carbocycles. The Bertz CT molecular complexity index is 465. The summed E-state index contributed by atoms with van der Waals surface area (Å²) in [4.78, 5) is 0. The summed E-state index contributed by atoms with van der Waals surface area (Å²) in [7, 11) is 1.91. The molecular formula is C12H14ClN3. The van der Waals surface area contributed by atoms with Gasteiger partial charge in [0.05, 0.1) is 5.69 Å². The number of hydrogen-bond donors (Lipinski definition) is 1. The lowest BCUT2D eigenvalue weighted by Crippen LogP contribution is -2.13. The topological polar surface area (TPSA) is 29.9 Å². The Morgan fingerprint density at radius 3 is 2.75 bits per heavy atom. The largest absolute Gasteiger partial charge is 0.307 e. The van der Waals surface area contributed by atoms with Gasteiger partial charge in [-0.1, -0.05) is 29.8 Å². The van der Waals surface area contributed by atoms with E-state index in [-0.39, 0.29) is 0 Å². The lowest BCUT2D eigenvalue weighted by molar-refractivity contribution is 0.656. The average Bonchev–Trinajstić information content (AvgIpc) is 2.67. The van der Waals surface area contributed by atoms with E-state index in [1.807, 2.05) is 43.6 Å². The van der Waals surface area contributed by atoms with Gasteiger partial charge in [-0.15, -0.1) is 0 Å². The van der Waals surface area contributed by atoms with Gasteiger partial charge in [0, 0.05) is 31.4 Å². The van der Waals surface area contributed by atoms with Crippen LogP contribution in [0.5, 0.6) is 0 Å². The van der Waals surface area contributed by atoms with Crippen LogP contribution in [-0.4, -0.2) is 9.78 Å². The monoisotopic (exact) mass is 235 g/mol. The molecule has 1 aromatic carbocycles. The molecule has 0 atom stereocenters. The maximum absolute atomic E-state index is 6.05. The van der Waals surface area contributed by atoms with Crippen molar-refractivity contribution in [2.45, 2.75) is 13.1 Å². The number of rotatable bonds is 4. The van der Waals surface area contributed by atoms with Crippen LogP contribution in [0.1, 0.15) is 11.3 Å². The van der Waals surface area contributed by atoms with Crippen molar-refractivity contribution in [3.8, 4) is 0 Å². The SMILES string of the molecule is Cn1ccc(CNCc2ccccc2Cl)n1. The standard InChI is InChI=1S/C12H14ClN3/c1-16-7-6-11(15-16)9-14-8-10-4-2-3-5-12(10)13/h2-7,14H,8-9H2,1H3. The second kappa shape index (κ2) is 5.14. The summed E-state index contributed by atoms with van der Waals surface area (Å²) in [6, 6.07) is 9.85. The molecule has 84 valence electrons. The smallest absolute Gasteiger partial charge is 0.0762 e. The van der Waals surface area contributed by atoms with Gasteiger partial charge < -0.3 is 5.32 Å². The van der Waals surface area contributed by atoms with E-state index in [0.717, 1.165) is 29.4 Å². The van der Waals surface area contributed by atoms with Crippen LogP contribution in [0.25, 0.3) is 0 Å². The molecule has 0 amide bonds. The van der Waals surface area contributed by atoms with E-state index >= 15 is 0 Å². The molecule has 1 N–H and O–H groups in total. The number of halogens is 1. The third-order valence-corrected chi connectivity index (χ3v) is 2.72. The van der Waals surface area contributed by atoms with E-state index in [1.54, 1.807) is 4.68 Å². The molecule has 0 saturated heterocycles. The Morgan fingerprint density at radius 1 is 1.25 bits per heavy atom. The number of aromatic nitrogens is 2. The molecule has 1 heterocycles. The maximum atomic E-state index is 6.05. The summed E-state index contributed by atoms with van der Waals surface area (Å²) in [6.45, 7) is 1.52. The summed E-state index contributed by atoms with van der Waals surface area (Å²) in [5, 5.41) is 8.40. The minimum absolute atomic E-state index is 0.756. The maximum Gasteiger partial charge on any atom is 0.0762 e. The lowest BCUT2D eigenvalue weighted by Gasteiger charge is -2.04. The van der Waals surface area contributed by atoms with Gasteiger partial charge in [0.25, 0.3) is 0 Å². The van der Waals surface area contributed by atoms with Crippen molar-refractivity contribution in [2.24, 2.45) is 7.05 Å². The molecule has 2 rings (SSSR count). The van der Waals surface area contributed by atoms with Crippen molar-refractivity contribution >= 4 is 11.6 Å². The normalized spacial score (nSPS) is 10.6. The van der Waals surface area contributed by atoms with E-state index in [1.165, 1.54) is 0 Å². The van der Waals surface area contributed by atoms with Gasteiger partial charge in [0.1, 0.15) is 0 Å². The Balaban J connectivity index is 1.87. The molecule has 0 aliphatic rings. The first-order chi connectivity index (χ1) is 7.75. The molecule has 3 nitrogen and oxygen atoms in total. The van der Waals surface area contributed by atoms with Crippen molar-refractivity contribution in [1.82, 2.24) is 15.1 Å². The zero-order valence-corrected chi connectivity index (χ0v) is 9.91. The predicted molar refractivity (Wildman–Crippen MR) is 65.2 cm³/mol. The van der Waals surface area contributed by atoms with Gasteiger partial charge in [-0.2, -0.15) is 5.10 Å². The molecule has 0 spiro atoms. The van der Waals surface area contributed by atoms with Gasteiger partial charge in [0.2, 0.25) is 0 Å². The fourth-order valence-electron chi connectivity index (χ4n) is 1.52. The Labute approximate surface area is 100 Å². The Hall–Kier alpha value is -1.32. The second-order valence-electron chi connectivity index (χ2n) is 3.68. The summed E-state index contributed by atoms with van der Waals surface area (Å²) in [5.74, 6) is 0. The third kappa shape index (κ3) is 2.84. The highest BCUT2D eigenvalue weighted by molar-refractivity contribution is 6.31. The van der Waals surface area contributed by atoms with Crippen LogP contribution in [-0.2, 0) is 20.1 Å². The number of nitrogens with zero attached hydrogens (tertiary/aromatic N) is 2. The average molecular weight is 236 g/mol. The third-order valence-electron chi connectivity index (χ3n) is 2.35. The molecule has 2 aromatic rings. The van der Waals surface area contributed by atoms with Gasteiger partial charge in [-0.25, -0.2) is 0 Å². The Morgan fingerprint density at radius 2 is 2.06 bits per heavy atom. The molecule has 1 aromatic heterocycles. The van der Waals surface area contributed by atoms with Crippen LogP contribution in [0.4, 0.5) is 0 Å². The van der Waals surface area contributed by atoms with Gasteiger partial charge in [-0.3, -0.25) is 4.68 Å². The zero-order valence-electron chi connectivity index (χ0n) is 9.15. The van der Waals surface area contributed by atoms with Crippen molar-refractivity contribution in [3.63, 3.8) is 0 Å². The fraction of sp³-hybridized carbons (Fsp3) is 0.250. The van der Waals surface area contributed by atoms with Crippen molar-refractivity contribution < 1.29 is 0 Å². The van der Waals surface area contributed by atoms with Crippen LogP contribution < -0.4 is 5.32 Å². The van der Waals surface area contributed by atoms with E-state index in [4.69, 9.17) is 11.6 Å². The number of benzene rings is 1. The molecule has 0 radical (unpaired) electrons. The van der Waals surface area contributed by atoms with Crippen LogP contribution in [0, 0.1) is 0 Å².